The molecule has 0 aliphatic heterocycles. The van der Waals surface area contributed by atoms with Crippen molar-refractivity contribution in [3.8, 4) is 0 Å². The van der Waals surface area contributed by atoms with Crippen LogP contribution in [0.4, 0.5) is 0 Å². The second-order valence-corrected chi connectivity index (χ2v) is 2.08. The maximum Gasteiger partial charge on any atom is 0.218 e. The van der Waals surface area contributed by atoms with Crippen molar-refractivity contribution in [2.45, 2.75) is 0 Å². The zero-order valence-electron chi connectivity index (χ0n) is 6.16. The lowest BCUT2D eigenvalue weighted by Gasteiger charge is -1.94. The SMILES string of the molecule is C=Cc1ccn(C=O)c1C=C. The van der Waals surface area contributed by atoms with Crippen LogP contribution in [0.15, 0.2) is 25.4 Å². The van der Waals surface area contributed by atoms with Crippen LogP contribution in [0.2, 0.25) is 0 Å². The van der Waals surface area contributed by atoms with Crippen molar-refractivity contribution in [1.29, 1.82) is 0 Å². The van der Waals surface area contributed by atoms with Crippen molar-refractivity contribution in [3.05, 3.63) is 36.7 Å². The minimum atomic E-state index is 0.740. The molecule has 0 aliphatic carbocycles. The number of nitrogens with zero attached hydrogens (tertiary/aromatic N) is 1. The Labute approximate surface area is 65.5 Å². The fourth-order valence-electron chi connectivity index (χ4n) is 0.963. The van der Waals surface area contributed by atoms with E-state index < -0.39 is 0 Å². The van der Waals surface area contributed by atoms with Crippen LogP contribution in [-0.2, 0) is 4.79 Å². The van der Waals surface area contributed by atoms with Crippen molar-refractivity contribution in [2.75, 3.05) is 0 Å². The minimum Gasteiger partial charge on any atom is -0.290 e. The standard InChI is InChI=1S/C9H9NO/c1-3-8-5-6-10(7-11)9(8)4-2/h3-7H,1-2H2. The van der Waals surface area contributed by atoms with Crippen LogP contribution in [0.3, 0.4) is 0 Å². The van der Waals surface area contributed by atoms with Crippen LogP contribution in [0.25, 0.3) is 12.2 Å². The van der Waals surface area contributed by atoms with Gasteiger partial charge in [-0.15, -0.1) is 0 Å². The molecule has 0 fully saturated rings. The van der Waals surface area contributed by atoms with Crippen LogP contribution in [0.1, 0.15) is 11.3 Å². The van der Waals surface area contributed by atoms with Crippen molar-refractivity contribution < 1.29 is 4.79 Å². The number of carbonyl (C=O) groups excluding carboxylic acids is 1. The highest BCUT2D eigenvalue weighted by molar-refractivity contribution is 5.68. The summed E-state index contributed by atoms with van der Waals surface area (Å²) in [6.45, 7) is 7.20. The molecule has 1 aromatic heterocycles. The average molecular weight is 147 g/mol. The van der Waals surface area contributed by atoms with E-state index >= 15 is 0 Å². The predicted octanol–water partition coefficient (Wildman–Crippen LogP) is 1.81. The largest absolute Gasteiger partial charge is 0.290 e. The van der Waals surface area contributed by atoms with Gasteiger partial charge in [-0.25, -0.2) is 0 Å². The molecule has 0 amide bonds. The highest BCUT2D eigenvalue weighted by atomic mass is 16.1. The van der Waals surface area contributed by atoms with Gasteiger partial charge in [-0.05, 0) is 17.7 Å². The number of hydrogen-bond acceptors (Lipinski definition) is 1. The number of aromatic nitrogens is 1. The van der Waals surface area contributed by atoms with Gasteiger partial charge < -0.3 is 0 Å². The Balaban J connectivity index is 3.29. The van der Waals surface area contributed by atoms with E-state index in [-0.39, 0.29) is 0 Å². The quantitative estimate of drug-likeness (QED) is 0.597. The van der Waals surface area contributed by atoms with Crippen molar-refractivity contribution >= 4 is 18.6 Å². The summed E-state index contributed by atoms with van der Waals surface area (Å²) in [5.74, 6) is 0. The third-order valence-electron chi connectivity index (χ3n) is 1.52. The smallest absolute Gasteiger partial charge is 0.218 e. The minimum absolute atomic E-state index is 0.740. The van der Waals surface area contributed by atoms with Crippen LogP contribution >= 0.6 is 0 Å². The van der Waals surface area contributed by atoms with Gasteiger partial charge in [0.25, 0.3) is 0 Å². The molecule has 0 aliphatic rings. The topological polar surface area (TPSA) is 22.0 Å². The van der Waals surface area contributed by atoms with E-state index in [4.69, 9.17) is 0 Å². The molecule has 0 spiro atoms. The normalized spacial score (nSPS) is 9.09. The molecule has 2 nitrogen and oxygen atoms in total. The highest BCUT2D eigenvalue weighted by Crippen LogP contribution is 2.11. The summed E-state index contributed by atoms with van der Waals surface area (Å²) < 4.78 is 1.46. The molecule has 0 saturated carbocycles. The van der Waals surface area contributed by atoms with E-state index in [9.17, 15) is 4.79 Å². The summed E-state index contributed by atoms with van der Waals surface area (Å²) in [5.41, 5.74) is 1.71. The second kappa shape index (κ2) is 3.01. The van der Waals surface area contributed by atoms with Crippen LogP contribution in [0, 0.1) is 0 Å². The molecule has 0 aromatic carbocycles. The number of carbonyl (C=O) groups is 1. The Kier molecular flexibility index (Phi) is 2.06. The van der Waals surface area contributed by atoms with Gasteiger partial charge in [-0.1, -0.05) is 19.2 Å². The summed E-state index contributed by atoms with van der Waals surface area (Å²) >= 11 is 0. The summed E-state index contributed by atoms with van der Waals surface area (Å²) in [5, 5.41) is 0. The fraction of sp³-hybridized carbons (Fsp3) is 0. The molecule has 2 heteroatoms. The maximum absolute atomic E-state index is 10.4. The average Bonchev–Trinajstić information content (AvgIpc) is 2.45. The van der Waals surface area contributed by atoms with Crippen LogP contribution in [-0.4, -0.2) is 11.0 Å². The van der Waals surface area contributed by atoms with Gasteiger partial charge in [0.2, 0.25) is 6.41 Å². The van der Waals surface area contributed by atoms with E-state index in [0.717, 1.165) is 17.7 Å². The van der Waals surface area contributed by atoms with E-state index in [1.54, 1.807) is 18.3 Å². The molecule has 1 rings (SSSR count). The Morgan fingerprint density at radius 3 is 2.55 bits per heavy atom. The summed E-state index contributed by atoms with van der Waals surface area (Å²) in [7, 11) is 0. The van der Waals surface area contributed by atoms with Gasteiger partial charge in [0.05, 0.1) is 5.69 Å². The summed E-state index contributed by atoms with van der Waals surface area (Å²) in [4.78, 5) is 10.4. The second-order valence-electron chi connectivity index (χ2n) is 2.08. The molecule has 1 heterocycles. The first-order valence-corrected chi connectivity index (χ1v) is 3.24. The molecule has 0 N–H and O–H groups in total. The molecule has 56 valence electrons. The lowest BCUT2D eigenvalue weighted by Crippen LogP contribution is -1.94. The van der Waals surface area contributed by atoms with Crippen molar-refractivity contribution in [3.63, 3.8) is 0 Å². The predicted molar refractivity (Wildman–Crippen MR) is 46.8 cm³/mol. The number of hydrogen-bond donors (Lipinski definition) is 0. The first-order chi connectivity index (χ1) is 5.33. The number of rotatable bonds is 3. The Morgan fingerprint density at radius 1 is 1.36 bits per heavy atom. The van der Waals surface area contributed by atoms with Crippen LogP contribution < -0.4 is 0 Å². The molecule has 0 atom stereocenters. The molecule has 1 aromatic rings. The molecule has 0 bridgehead atoms. The Bertz CT molecular complexity index is 271. The molecular formula is C9H9NO. The van der Waals surface area contributed by atoms with E-state index in [2.05, 4.69) is 13.2 Å². The van der Waals surface area contributed by atoms with E-state index in [0.29, 0.717) is 0 Å². The highest BCUT2D eigenvalue weighted by Gasteiger charge is 2.00. The third kappa shape index (κ3) is 1.15. The lowest BCUT2D eigenvalue weighted by atomic mass is 10.2. The molecule has 0 radical (unpaired) electrons. The Hall–Kier alpha value is -1.57. The van der Waals surface area contributed by atoms with Gasteiger partial charge in [-0.2, -0.15) is 0 Å². The zero-order chi connectivity index (χ0) is 8.27. The molecule has 0 saturated heterocycles. The van der Waals surface area contributed by atoms with Gasteiger partial charge in [-0.3, -0.25) is 9.36 Å². The van der Waals surface area contributed by atoms with Crippen LogP contribution in [0.5, 0.6) is 0 Å². The van der Waals surface area contributed by atoms with E-state index in [1.165, 1.54) is 4.57 Å². The third-order valence-corrected chi connectivity index (χ3v) is 1.52. The van der Waals surface area contributed by atoms with Crippen molar-refractivity contribution in [2.24, 2.45) is 0 Å². The first-order valence-electron chi connectivity index (χ1n) is 3.24. The van der Waals surface area contributed by atoms with Gasteiger partial charge in [0.15, 0.2) is 0 Å². The summed E-state index contributed by atoms with van der Waals surface area (Å²) in [6.07, 6.45) is 5.74. The van der Waals surface area contributed by atoms with Gasteiger partial charge in [0, 0.05) is 6.20 Å². The Morgan fingerprint density at radius 2 is 2.09 bits per heavy atom. The fourth-order valence-corrected chi connectivity index (χ4v) is 0.963. The van der Waals surface area contributed by atoms with Gasteiger partial charge >= 0.3 is 0 Å². The first kappa shape index (κ1) is 7.54. The molecule has 0 unspecified atom stereocenters. The summed E-state index contributed by atoms with van der Waals surface area (Å²) in [6, 6.07) is 1.82. The molecule has 11 heavy (non-hydrogen) atoms. The van der Waals surface area contributed by atoms with E-state index in [1.807, 2.05) is 6.07 Å². The lowest BCUT2D eigenvalue weighted by molar-refractivity contribution is 0.547. The van der Waals surface area contributed by atoms with Gasteiger partial charge in [0.1, 0.15) is 0 Å². The molecular weight excluding hydrogens is 138 g/mol. The zero-order valence-corrected chi connectivity index (χ0v) is 6.16. The maximum atomic E-state index is 10.4. The van der Waals surface area contributed by atoms with Crippen molar-refractivity contribution in [1.82, 2.24) is 4.57 Å². The monoisotopic (exact) mass is 147 g/mol.